The van der Waals surface area contributed by atoms with Gasteiger partial charge < -0.3 is 5.11 Å². The Morgan fingerprint density at radius 3 is 2.48 bits per heavy atom. The van der Waals surface area contributed by atoms with E-state index in [-0.39, 0.29) is 0 Å². The molecule has 0 atom stereocenters. The van der Waals surface area contributed by atoms with Crippen LogP contribution in [0.1, 0.15) is 11.3 Å². The highest BCUT2D eigenvalue weighted by molar-refractivity contribution is 7.98. The molecule has 0 aliphatic rings. The SMILES string of the molecule is Cc1ccc(-c2nc(CSc3ccc(O)cc3)cs2)cc1. The number of thioether (sulfide) groups is 1. The molecule has 3 rings (SSSR count). The molecular weight excluding hydrogens is 298 g/mol. The van der Waals surface area contributed by atoms with Crippen LogP contribution < -0.4 is 0 Å². The van der Waals surface area contributed by atoms with Crippen LogP contribution in [-0.4, -0.2) is 10.1 Å². The van der Waals surface area contributed by atoms with Gasteiger partial charge >= 0.3 is 0 Å². The Hall–Kier alpha value is -1.78. The zero-order chi connectivity index (χ0) is 14.7. The van der Waals surface area contributed by atoms with E-state index < -0.39 is 0 Å². The molecule has 0 fully saturated rings. The highest BCUT2D eigenvalue weighted by Gasteiger charge is 2.05. The van der Waals surface area contributed by atoms with E-state index >= 15 is 0 Å². The Morgan fingerprint density at radius 1 is 1.05 bits per heavy atom. The van der Waals surface area contributed by atoms with Crippen molar-refractivity contribution in [3.63, 3.8) is 0 Å². The average Bonchev–Trinajstić information content (AvgIpc) is 2.96. The maximum absolute atomic E-state index is 9.27. The predicted octanol–water partition coefficient (Wildman–Crippen LogP) is 5.12. The molecule has 3 aromatic rings. The van der Waals surface area contributed by atoms with Gasteiger partial charge in [-0.1, -0.05) is 29.8 Å². The van der Waals surface area contributed by atoms with E-state index in [2.05, 4.69) is 36.6 Å². The number of phenolic OH excluding ortho intramolecular Hbond substituents is 1. The third-order valence-electron chi connectivity index (χ3n) is 3.07. The van der Waals surface area contributed by atoms with E-state index in [0.717, 1.165) is 21.3 Å². The first-order chi connectivity index (χ1) is 10.2. The molecule has 0 aliphatic carbocycles. The number of hydrogen-bond donors (Lipinski definition) is 1. The standard InChI is InChI=1S/C17H15NOS2/c1-12-2-4-13(5-3-12)17-18-14(11-21-17)10-20-16-8-6-15(19)7-9-16/h2-9,11,19H,10H2,1H3. The molecule has 1 aromatic heterocycles. The largest absolute Gasteiger partial charge is 0.508 e. The summed E-state index contributed by atoms with van der Waals surface area (Å²) < 4.78 is 0. The minimum Gasteiger partial charge on any atom is -0.508 e. The van der Waals surface area contributed by atoms with E-state index in [1.165, 1.54) is 11.1 Å². The van der Waals surface area contributed by atoms with Crippen molar-refractivity contribution in [1.82, 2.24) is 4.98 Å². The second-order valence-corrected chi connectivity index (χ2v) is 6.70. The highest BCUT2D eigenvalue weighted by atomic mass is 32.2. The summed E-state index contributed by atoms with van der Waals surface area (Å²) in [5.74, 6) is 1.14. The molecule has 0 bridgehead atoms. The minimum atomic E-state index is 0.301. The van der Waals surface area contributed by atoms with E-state index in [0.29, 0.717) is 5.75 Å². The van der Waals surface area contributed by atoms with Crippen LogP contribution in [0.5, 0.6) is 5.75 Å². The highest BCUT2D eigenvalue weighted by Crippen LogP contribution is 2.28. The molecule has 1 heterocycles. The zero-order valence-corrected chi connectivity index (χ0v) is 13.2. The van der Waals surface area contributed by atoms with Gasteiger partial charge in [-0.25, -0.2) is 4.98 Å². The topological polar surface area (TPSA) is 33.1 Å². The second-order valence-electron chi connectivity index (χ2n) is 4.79. The summed E-state index contributed by atoms with van der Waals surface area (Å²) >= 11 is 3.41. The van der Waals surface area contributed by atoms with Crippen LogP contribution in [0.15, 0.2) is 58.8 Å². The van der Waals surface area contributed by atoms with Crippen LogP contribution in [0.3, 0.4) is 0 Å². The number of nitrogens with zero attached hydrogens (tertiary/aromatic N) is 1. The Morgan fingerprint density at radius 2 is 1.76 bits per heavy atom. The van der Waals surface area contributed by atoms with Crippen LogP contribution in [0.25, 0.3) is 10.6 Å². The molecule has 2 nitrogen and oxygen atoms in total. The summed E-state index contributed by atoms with van der Waals surface area (Å²) in [5, 5.41) is 12.5. The molecule has 0 saturated heterocycles. The summed E-state index contributed by atoms with van der Waals surface area (Å²) in [6.45, 7) is 2.09. The van der Waals surface area contributed by atoms with Gasteiger partial charge in [0.15, 0.2) is 0 Å². The molecular formula is C17H15NOS2. The van der Waals surface area contributed by atoms with Crippen LogP contribution in [0, 0.1) is 6.92 Å². The van der Waals surface area contributed by atoms with Gasteiger partial charge in [-0.15, -0.1) is 23.1 Å². The number of rotatable bonds is 4. The molecule has 2 aromatic carbocycles. The first-order valence-corrected chi connectivity index (χ1v) is 8.50. The molecule has 0 saturated carbocycles. The second kappa shape index (κ2) is 6.33. The number of phenols is 1. The summed E-state index contributed by atoms with van der Waals surface area (Å²) in [5.41, 5.74) is 3.53. The number of aryl methyl sites for hydroxylation is 1. The molecule has 106 valence electrons. The number of benzene rings is 2. The maximum atomic E-state index is 9.27. The van der Waals surface area contributed by atoms with Gasteiger partial charge in [0.25, 0.3) is 0 Å². The van der Waals surface area contributed by atoms with Gasteiger partial charge in [0.2, 0.25) is 0 Å². The third kappa shape index (κ3) is 3.65. The van der Waals surface area contributed by atoms with Gasteiger partial charge in [-0.2, -0.15) is 0 Å². The zero-order valence-electron chi connectivity index (χ0n) is 11.6. The average molecular weight is 313 g/mol. The fourth-order valence-corrected chi connectivity index (χ4v) is 3.62. The van der Waals surface area contributed by atoms with Crippen LogP contribution in [0.2, 0.25) is 0 Å². The normalized spacial score (nSPS) is 10.7. The Labute approximate surface area is 132 Å². The molecule has 1 N–H and O–H groups in total. The van der Waals surface area contributed by atoms with Gasteiger partial charge in [-0.3, -0.25) is 0 Å². The lowest BCUT2D eigenvalue weighted by Gasteiger charge is -2.00. The van der Waals surface area contributed by atoms with Crippen molar-refractivity contribution in [1.29, 1.82) is 0 Å². The van der Waals surface area contributed by atoms with Crippen molar-refractivity contribution in [2.24, 2.45) is 0 Å². The van der Waals surface area contributed by atoms with E-state index in [1.807, 2.05) is 12.1 Å². The summed E-state index contributed by atoms with van der Waals surface area (Å²) in [4.78, 5) is 5.83. The summed E-state index contributed by atoms with van der Waals surface area (Å²) in [7, 11) is 0. The van der Waals surface area contributed by atoms with E-state index in [9.17, 15) is 5.11 Å². The fourth-order valence-electron chi connectivity index (χ4n) is 1.90. The molecule has 0 aliphatic heterocycles. The van der Waals surface area contributed by atoms with Crippen LogP contribution >= 0.6 is 23.1 Å². The Balaban J connectivity index is 1.67. The van der Waals surface area contributed by atoms with Gasteiger partial charge in [0.05, 0.1) is 5.69 Å². The lowest BCUT2D eigenvalue weighted by atomic mass is 10.2. The predicted molar refractivity (Wildman–Crippen MR) is 90.0 cm³/mol. The maximum Gasteiger partial charge on any atom is 0.123 e. The van der Waals surface area contributed by atoms with Crippen molar-refractivity contribution in [3.05, 3.63) is 65.2 Å². The lowest BCUT2D eigenvalue weighted by Crippen LogP contribution is -1.82. The minimum absolute atomic E-state index is 0.301. The smallest absolute Gasteiger partial charge is 0.123 e. The molecule has 0 spiro atoms. The number of aromatic hydroxyl groups is 1. The molecule has 4 heteroatoms. The Bertz CT molecular complexity index is 717. The Kier molecular flexibility index (Phi) is 4.27. The van der Waals surface area contributed by atoms with Crippen LogP contribution in [-0.2, 0) is 5.75 Å². The van der Waals surface area contributed by atoms with Gasteiger partial charge in [-0.05, 0) is 31.2 Å². The molecule has 21 heavy (non-hydrogen) atoms. The first-order valence-electron chi connectivity index (χ1n) is 6.64. The van der Waals surface area contributed by atoms with Gasteiger partial charge in [0.1, 0.15) is 10.8 Å². The van der Waals surface area contributed by atoms with Gasteiger partial charge in [0, 0.05) is 21.6 Å². The van der Waals surface area contributed by atoms with Crippen molar-refractivity contribution in [2.75, 3.05) is 0 Å². The van der Waals surface area contributed by atoms with Crippen molar-refractivity contribution >= 4 is 23.1 Å². The van der Waals surface area contributed by atoms with Crippen LogP contribution in [0.4, 0.5) is 0 Å². The summed E-state index contributed by atoms with van der Waals surface area (Å²) in [6, 6.07) is 15.7. The molecule has 0 radical (unpaired) electrons. The lowest BCUT2D eigenvalue weighted by molar-refractivity contribution is 0.475. The van der Waals surface area contributed by atoms with Crippen molar-refractivity contribution in [2.45, 2.75) is 17.6 Å². The fraction of sp³-hybridized carbons (Fsp3) is 0.118. The molecule has 0 amide bonds. The first kappa shape index (κ1) is 14.2. The monoisotopic (exact) mass is 313 g/mol. The summed E-state index contributed by atoms with van der Waals surface area (Å²) in [6.07, 6.45) is 0. The third-order valence-corrected chi connectivity index (χ3v) is 5.06. The van der Waals surface area contributed by atoms with Crippen molar-refractivity contribution in [3.8, 4) is 16.3 Å². The van der Waals surface area contributed by atoms with Crippen molar-refractivity contribution < 1.29 is 5.11 Å². The molecule has 0 unspecified atom stereocenters. The van der Waals surface area contributed by atoms with E-state index in [4.69, 9.17) is 4.98 Å². The van der Waals surface area contributed by atoms with E-state index in [1.54, 1.807) is 35.2 Å². The number of hydrogen-bond acceptors (Lipinski definition) is 4. The quantitative estimate of drug-likeness (QED) is 0.679. The number of aromatic nitrogens is 1. The number of thiazole rings is 1.